The fourth-order valence-corrected chi connectivity index (χ4v) is 1.70. The molecule has 0 aromatic carbocycles. The van der Waals surface area contributed by atoms with Crippen molar-refractivity contribution in [2.75, 3.05) is 0 Å². The Morgan fingerprint density at radius 3 is 2.80 bits per heavy atom. The van der Waals surface area contributed by atoms with Crippen LogP contribution >= 0.6 is 0 Å². The number of hydrogen-bond donors (Lipinski definition) is 2. The van der Waals surface area contributed by atoms with Crippen LogP contribution in [0.5, 0.6) is 0 Å². The standard InChI is InChI=1S/C10H12N2O3/c1-6-5-12(10(15)11-9(6)14)7-2-3-8(13)4-7/h2-3,5,7-8,13H,4H2,1H3,(H,11,14,15). The average molecular weight is 208 g/mol. The molecule has 0 amide bonds. The molecule has 0 aliphatic heterocycles. The number of aromatic amines is 1. The maximum atomic E-state index is 11.5. The molecule has 0 bridgehead atoms. The molecule has 5 nitrogen and oxygen atoms in total. The topological polar surface area (TPSA) is 75.1 Å². The first-order chi connectivity index (χ1) is 7.08. The van der Waals surface area contributed by atoms with Crippen LogP contribution in [0, 0.1) is 6.92 Å². The second-order valence-electron chi connectivity index (χ2n) is 3.73. The summed E-state index contributed by atoms with van der Waals surface area (Å²) in [6.45, 7) is 1.64. The van der Waals surface area contributed by atoms with E-state index in [1.165, 1.54) is 10.8 Å². The molecule has 1 aliphatic carbocycles. The molecule has 0 fully saturated rings. The summed E-state index contributed by atoms with van der Waals surface area (Å²) in [4.78, 5) is 24.8. The molecule has 1 aromatic heterocycles. The van der Waals surface area contributed by atoms with Crippen LogP contribution in [0.3, 0.4) is 0 Å². The number of hydrogen-bond acceptors (Lipinski definition) is 3. The van der Waals surface area contributed by atoms with E-state index in [4.69, 9.17) is 0 Å². The zero-order chi connectivity index (χ0) is 11.0. The Morgan fingerprint density at radius 1 is 1.47 bits per heavy atom. The van der Waals surface area contributed by atoms with Crippen molar-refractivity contribution >= 4 is 0 Å². The number of nitrogens with zero attached hydrogens (tertiary/aromatic N) is 1. The summed E-state index contributed by atoms with van der Waals surface area (Å²) in [5.74, 6) is 0. The van der Waals surface area contributed by atoms with E-state index < -0.39 is 11.8 Å². The quantitative estimate of drug-likeness (QED) is 0.622. The van der Waals surface area contributed by atoms with E-state index in [-0.39, 0.29) is 11.6 Å². The van der Waals surface area contributed by atoms with Crippen molar-refractivity contribution in [3.63, 3.8) is 0 Å². The van der Waals surface area contributed by atoms with Crippen molar-refractivity contribution in [2.45, 2.75) is 25.5 Å². The summed E-state index contributed by atoms with van der Waals surface area (Å²) in [7, 11) is 0. The summed E-state index contributed by atoms with van der Waals surface area (Å²) in [5, 5.41) is 9.30. The van der Waals surface area contributed by atoms with E-state index in [9.17, 15) is 14.7 Å². The number of rotatable bonds is 1. The van der Waals surface area contributed by atoms with Gasteiger partial charge in [-0.3, -0.25) is 14.3 Å². The van der Waals surface area contributed by atoms with E-state index in [1.54, 1.807) is 19.1 Å². The summed E-state index contributed by atoms with van der Waals surface area (Å²) >= 11 is 0. The molecule has 2 unspecified atom stereocenters. The van der Waals surface area contributed by atoms with Crippen molar-refractivity contribution in [1.29, 1.82) is 0 Å². The van der Waals surface area contributed by atoms with Crippen LogP contribution in [0.15, 0.2) is 27.9 Å². The van der Waals surface area contributed by atoms with Gasteiger partial charge in [0.25, 0.3) is 5.56 Å². The highest BCUT2D eigenvalue weighted by Crippen LogP contribution is 2.20. The monoisotopic (exact) mass is 208 g/mol. The van der Waals surface area contributed by atoms with Crippen LogP contribution in [-0.4, -0.2) is 20.8 Å². The molecule has 15 heavy (non-hydrogen) atoms. The largest absolute Gasteiger partial charge is 0.389 e. The maximum absolute atomic E-state index is 11.5. The molecule has 1 heterocycles. The van der Waals surface area contributed by atoms with Gasteiger partial charge in [-0.25, -0.2) is 4.79 Å². The summed E-state index contributed by atoms with van der Waals surface area (Å²) in [6, 6.07) is -0.164. The fourth-order valence-electron chi connectivity index (χ4n) is 1.70. The van der Waals surface area contributed by atoms with Crippen LogP contribution in [0.25, 0.3) is 0 Å². The molecular formula is C10H12N2O3. The smallest absolute Gasteiger partial charge is 0.328 e. The van der Waals surface area contributed by atoms with Gasteiger partial charge in [0.15, 0.2) is 0 Å². The second-order valence-corrected chi connectivity index (χ2v) is 3.73. The third-order valence-electron chi connectivity index (χ3n) is 2.54. The number of aryl methyl sites for hydroxylation is 1. The molecule has 0 radical (unpaired) electrons. The van der Waals surface area contributed by atoms with Gasteiger partial charge in [0.05, 0.1) is 12.1 Å². The Labute approximate surface area is 85.7 Å². The lowest BCUT2D eigenvalue weighted by Gasteiger charge is -2.12. The van der Waals surface area contributed by atoms with Gasteiger partial charge in [0.2, 0.25) is 0 Å². The van der Waals surface area contributed by atoms with E-state index in [0.717, 1.165) is 0 Å². The van der Waals surface area contributed by atoms with Crippen molar-refractivity contribution in [3.8, 4) is 0 Å². The van der Waals surface area contributed by atoms with E-state index >= 15 is 0 Å². The summed E-state index contributed by atoms with van der Waals surface area (Å²) in [5.41, 5.74) is -0.308. The molecule has 1 aromatic rings. The highest BCUT2D eigenvalue weighted by atomic mass is 16.3. The molecule has 1 aliphatic rings. The lowest BCUT2D eigenvalue weighted by atomic mass is 10.2. The molecule has 2 atom stereocenters. The predicted octanol–water partition coefficient (Wildman–Crippen LogP) is -0.293. The van der Waals surface area contributed by atoms with E-state index in [1.807, 2.05) is 0 Å². The second kappa shape index (κ2) is 3.51. The Bertz CT molecular complexity index is 512. The fraction of sp³-hybridized carbons (Fsp3) is 0.400. The van der Waals surface area contributed by atoms with Crippen molar-refractivity contribution in [3.05, 3.63) is 44.8 Å². The van der Waals surface area contributed by atoms with Crippen molar-refractivity contribution < 1.29 is 5.11 Å². The normalized spacial score (nSPS) is 24.7. The highest BCUT2D eigenvalue weighted by molar-refractivity contribution is 5.09. The number of aliphatic hydroxyl groups excluding tert-OH is 1. The van der Waals surface area contributed by atoms with Gasteiger partial charge >= 0.3 is 5.69 Å². The van der Waals surface area contributed by atoms with Gasteiger partial charge in [-0.1, -0.05) is 12.2 Å². The third kappa shape index (κ3) is 1.78. The minimum atomic E-state index is -0.505. The molecule has 0 saturated carbocycles. The van der Waals surface area contributed by atoms with Gasteiger partial charge in [-0.05, 0) is 6.92 Å². The molecule has 2 rings (SSSR count). The van der Waals surface area contributed by atoms with Gasteiger partial charge in [-0.15, -0.1) is 0 Å². The third-order valence-corrected chi connectivity index (χ3v) is 2.54. The first-order valence-electron chi connectivity index (χ1n) is 4.76. The number of allylic oxidation sites excluding steroid dienone is 1. The number of aliphatic hydroxyl groups is 1. The van der Waals surface area contributed by atoms with Crippen molar-refractivity contribution in [2.24, 2.45) is 0 Å². The number of H-pyrrole nitrogens is 1. The van der Waals surface area contributed by atoms with Gasteiger partial charge in [0, 0.05) is 18.2 Å². The van der Waals surface area contributed by atoms with Gasteiger partial charge in [-0.2, -0.15) is 0 Å². The Balaban J connectivity index is 2.46. The number of aromatic nitrogens is 2. The molecular weight excluding hydrogens is 196 g/mol. The summed E-state index contributed by atoms with van der Waals surface area (Å²) in [6.07, 6.45) is 4.91. The molecule has 5 heteroatoms. The van der Waals surface area contributed by atoms with Crippen LogP contribution < -0.4 is 11.2 Å². The van der Waals surface area contributed by atoms with Crippen LogP contribution in [-0.2, 0) is 0 Å². The van der Waals surface area contributed by atoms with Crippen LogP contribution in [0.1, 0.15) is 18.0 Å². The van der Waals surface area contributed by atoms with E-state index in [0.29, 0.717) is 12.0 Å². The Morgan fingerprint density at radius 2 is 2.20 bits per heavy atom. The Hall–Kier alpha value is -1.62. The zero-order valence-corrected chi connectivity index (χ0v) is 8.30. The van der Waals surface area contributed by atoms with Gasteiger partial charge in [0.1, 0.15) is 0 Å². The number of nitrogens with one attached hydrogen (secondary N) is 1. The lowest BCUT2D eigenvalue weighted by Crippen LogP contribution is -2.32. The molecule has 0 saturated heterocycles. The SMILES string of the molecule is Cc1cn(C2C=CC(O)C2)c(=O)[nH]c1=O. The molecule has 2 N–H and O–H groups in total. The molecule has 80 valence electrons. The first kappa shape index (κ1) is 9.92. The zero-order valence-electron chi connectivity index (χ0n) is 8.30. The summed E-state index contributed by atoms with van der Waals surface area (Å²) < 4.78 is 1.43. The van der Waals surface area contributed by atoms with Crippen LogP contribution in [0.2, 0.25) is 0 Å². The van der Waals surface area contributed by atoms with Crippen LogP contribution in [0.4, 0.5) is 0 Å². The predicted molar refractivity (Wildman–Crippen MR) is 54.9 cm³/mol. The minimum Gasteiger partial charge on any atom is -0.389 e. The average Bonchev–Trinajstić information content (AvgIpc) is 2.58. The van der Waals surface area contributed by atoms with Crippen molar-refractivity contribution in [1.82, 2.24) is 9.55 Å². The molecule has 0 spiro atoms. The van der Waals surface area contributed by atoms with Gasteiger partial charge < -0.3 is 5.11 Å². The minimum absolute atomic E-state index is 0.164. The Kier molecular flexibility index (Phi) is 2.32. The lowest BCUT2D eigenvalue weighted by molar-refractivity contribution is 0.209. The maximum Gasteiger partial charge on any atom is 0.328 e. The van der Waals surface area contributed by atoms with E-state index in [2.05, 4.69) is 4.98 Å². The highest BCUT2D eigenvalue weighted by Gasteiger charge is 2.19. The first-order valence-corrected chi connectivity index (χ1v) is 4.76.